The molecule has 6 heteroatoms. The Balaban J connectivity index is 1.92. The SMILES string of the molecule is COc1cnn(-c2ccc3c(n2)[nH]c2cnccc23)c1. The van der Waals surface area contributed by atoms with Crippen LogP contribution in [0.4, 0.5) is 0 Å². The second-order valence-corrected chi connectivity index (χ2v) is 4.44. The maximum Gasteiger partial charge on any atom is 0.157 e. The normalized spacial score (nSPS) is 11.2. The summed E-state index contributed by atoms with van der Waals surface area (Å²) in [7, 11) is 1.61. The lowest BCUT2D eigenvalue weighted by Crippen LogP contribution is -1.97. The summed E-state index contributed by atoms with van der Waals surface area (Å²) < 4.78 is 6.81. The van der Waals surface area contributed by atoms with Crippen LogP contribution in [-0.4, -0.2) is 31.8 Å². The summed E-state index contributed by atoms with van der Waals surface area (Å²) in [5.74, 6) is 1.44. The Morgan fingerprint density at radius 3 is 2.95 bits per heavy atom. The second-order valence-electron chi connectivity index (χ2n) is 4.44. The first kappa shape index (κ1) is 11.0. The summed E-state index contributed by atoms with van der Waals surface area (Å²) in [6, 6.07) is 5.94. The summed E-state index contributed by atoms with van der Waals surface area (Å²) in [6.07, 6.45) is 7.02. The molecule has 0 radical (unpaired) electrons. The van der Waals surface area contributed by atoms with E-state index in [1.807, 2.05) is 18.2 Å². The molecule has 0 aliphatic carbocycles. The van der Waals surface area contributed by atoms with Crippen LogP contribution in [-0.2, 0) is 0 Å². The zero-order chi connectivity index (χ0) is 13.5. The van der Waals surface area contributed by atoms with Crippen molar-refractivity contribution in [2.75, 3.05) is 7.11 Å². The average Bonchev–Trinajstić information content (AvgIpc) is 3.10. The summed E-state index contributed by atoms with van der Waals surface area (Å²) >= 11 is 0. The first-order valence-corrected chi connectivity index (χ1v) is 6.16. The molecule has 0 fully saturated rings. The van der Waals surface area contributed by atoms with E-state index in [4.69, 9.17) is 4.74 Å². The number of aromatic amines is 1. The van der Waals surface area contributed by atoms with Crippen molar-refractivity contribution >= 4 is 21.9 Å². The minimum Gasteiger partial charge on any atom is -0.493 e. The Morgan fingerprint density at radius 1 is 1.15 bits per heavy atom. The van der Waals surface area contributed by atoms with Crippen molar-refractivity contribution < 1.29 is 4.74 Å². The van der Waals surface area contributed by atoms with Gasteiger partial charge < -0.3 is 9.72 Å². The number of nitrogens with one attached hydrogen (secondary N) is 1. The number of rotatable bonds is 2. The maximum atomic E-state index is 5.12. The van der Waals surface area contributed by atoms with Crippen LogP contribution in [0.25, 0.3) is 27.8 Å². The highest BCUT2D eigenvalue weighted by Gasteiger charge is 2.08. The van der Waals surface area contributed by atoms with E-state index in [1.54, 1.807) is 36.6 Å². The predicted molar refractivity (Wildman–Crippen MR) is 75.1 cm³/mol. The summed E-state index contributed by atoms with van der Waals surface area (Å²) in [6.45, 7) is 0. The number of pyridine rings is 2. The van der Waals surface area contributed by atoms with Crippen LogP contribution in [0, 0.1) is 0 Å². The molecule has 0 aliphatic rings. The molecule has 98 valence electrons. The lowest BCUT2D eigenvalue weighted by Gasteiger charge is -1.99. The van der Waals surface area contributed by atoms with Crippen LogP contribution >= 0.6 is 0 Å². The molecule has 4 rings (SSSR count). The van der Waals surface area contributed by atoms with Crippen LogP contribution in [0.2, 0.25) is 0 Å². The van der Waals surface area contributed by atoms with Crippen molar-refractivity contribution in [1.29, 1.82) is 0 Å². The monoisotopic (exact) mass is 265 g/mol. The third kappa shape index (κ3) is 1.55. The van der Waals surface area contributed by atoms with Gasteiger partial charge in [-0.1, -0.05) is 0 Å². The minimum atomic E-state index is 0.702. The summed E-state index contributed by atoms with van der Waals surface area (Å²) in [5, 5.41) is 6.41. The molecular formula is C14H11N5O. The molecule has 6 nitrogen and oxygen atoms in total. The molecular weight excluding hydrogens is 254 g/mol. The Labute approximate surface area is 114 Å². The Hall–Kier alpha value is -2.89. The highest BCUT2D eigenvalue weighted by molar-refractivity contribution is 6.05. The van der Waals surface area contributed by atoms with E-state index in [0.717, 1.165) is 27.8 Å². The van der Waals surface area contributed by atoms with E-state index >= 15 is 0 Å². The number of nitrogens with zero attached hydrogens (tertiary/aromatic N) is 4. The zero-order valence-corrected chi connectivity index (χ0v) is 10.7. The van der Waals surface area contributed by atoms with Crippen LogP contribution in [0.1, 0.15) is 0 Å². The van der Waals surface area contributed by atoms with E-state index in [2.05, 4.69) is 20.1 Å². The molecule has 0 unspecified atom stereocenters. The van der Waals surface area contributed by atoms with Crippen LogP contribution in [0.15, 0.2) is 43.0 Å². The number of hydrogen-bond acceptors (Lipinski definition) is 4. The maximum absolute atomic E-state index is 5.12. The van der Waals surface area contributed by atoms with E-state index in [-0.39, 0.29) is 0 Å². The van der Waals surface area contributed by atoms with Crippen molar-refractivity contribution in [3.05, 3.63) is 43.0 Å². The van der Waals surface area contributed by atoms with E-state index in [9.17, 15) is 0 Å². The number of methoxy groups -OCH3 is 1. The van der Waals surface area contributed by atoms with Gasteiger partial charge in [-0.05, 0) is 18.2 Å². The Kier molecular flexibility index (Phi) is 2.23. The number of ether oxygens (including phenoxy) is 1. The molecule has 0 amide bonds. The van der Waals surface area contributed by atoms with Gasteiger partial charge in [0.25, 0.3) is 0 Å². The molecule has 20 heavy (non-hydrogen) atoms. The fourth-order valence-corrected chi connectivity index (χ4v) is 2.28. The first-order chi connectivity index (χ1) is 9.85. The van der Waals surface area contributed by atoms with Crippen molar-refractivity contribution in [1.82, 2.24) is 24.7 Å². The van der Waals surface area contributed by atoms with Gasteiger partial charge in [-0.3, -0.25) is 4.98 Å². The highest BCUT2D eigenvalue weighted by Crippen LogP contribution is 2.24. The second kappa shape index (κ2) is 4.06. The van der Waals surface area contributed by atoms with Gasteiger partial charge >= 0.3 is 0 Å². The Morgan fingerprint density at radius 2 is 2.10 bits per heavy atom. The topological polar surface area (TPSA) is 68.6 Å². The minimum absolute atomic E-state index is 0.702. The number of H-pyrrole nitrogens is 1. The third-order valence-corrected chi connectivity index (χ3v) is 3.27. The fourth-order valence-electron chi connectivity index (χ4n) is 2.28. The summed E-state index contributed by atoms with van der Waals surface area (Å²) in [4.78, 5) is 12.0. The van der Waals surface area contributed by atoms with Gasteiger partial charge in [-0.25, -0.2) is 9.67 Å². The average molecular weight is 265 g/mol. The molecule has 1 N–H and O–H groups in total. The van der Waals surface area contributed by atoms with Gasteiger partial charge in [-0.2, -0.15) is 5.10 Å². The third-order valence-electron chi connectivity index (χ3n) is 3.27. The van der Waals surface area contributed by atoms with E-state index in [0.29, 0.717) is 5.75 Å². The van der Waals surface area contributed by atoms with Crippen molar-refractivity contribution in [2.24, 2.45) is 0 Å². The molecule has 4 aromatic heterocycles. The smallest absolute Gasteiger partial charge is 0.157 e. The number of hydrogen-bond donors (Lipinski definition) is 1. The highest BCUT2D eigenvalue weighted by atomic mass is 16.5. The predicted octanol–water partition coefficient (Wildman–Crippen LogP) is 2.31. The summed E-state index contributed by atoms with van der Waals surface area (Å²) in [5.41, 5.74) is 1.80. The van der Waals surface area contributed by atoms with Crippen molar-refractivity contribution in [3.8, 4) is 11.6 Å². The van der Waals surface area contributed by atoms with Gasteiger partial charge in [0.15, 0.2) is 11.6 Å². The van der Waals surface area contributed by atoms with Gasteiger partial charge in [0.2, 0.25) is 0 Å². The fraction of sp³-hybridized carbons (Fsp3) is 0.0714. The lowest BCUT2D eigenvalue weighted by atomic mass is 10.2. The standard InChI is InChI=1S/C14H11N5O/c1-20-9-6-16-19(8-9)13-3-2-11-10-4-5-15-7-12(10)17-14(11)18-13/h2-8H,1H3,(H,17,18). The first-order valence-electron chi connectivity index (χ1n) is 6.16. The van der Waals surface area contributed by atoms with E-state index < -0.39 is 0 Å². The molecule has 0 bridgehead atoms. The lowest BCUT2D eigenvalue weighted by molar-refractivity contribution is 0.414. The molecule has 0 saturated carbocycles. The zero-order valence-electron chi connectivity index (χ0n) is 10.7. The van der Waals surface area contributed by atoms with Gasteiger partial charge in [0.05, 0.1) is 31.2 Å². The van der Waals surface area contributed by atoms with Gasteiger partial charge in [0.1, 0.15) is 5.65 Å². The molecule has 0 aliphatic heterocycles. The molecule has 0 atom stereocenters. The molecule has 0 spiro atoms. The van der Waals surface area contributed by atoms with Crippen LogP contribution < -0.4 is 4.74 Å². The number of fused-ring (bicyclic) bond motifs is 3. The van der Waals surface area contributed by atoms with Crippen LogP contribution in [0.3, 0.4) is 0 Å². The Bertz CT molecular complexity index is 908. The largest absolute Gasteiger partial charge is 0.493 e. The quantitative estimate of drug-likeness (QED) is 0.604. The van der Waals surface area contributed by atoms with Gasteiger partial charge in [0, 0.05) is 17.0 Å². The van der Waals surface area contributed by atoms with Gasteiger partial charge in [-0.15, -0.1) is 0 Å². The van der Waals surface area contributed by atoms with Crippen LogP contribution in [0.5, 0.6) is 5.75 Å². The number of aromatic nitrogens is 5. The van der Waals surface area contributed by atoms with Crippen molar-refractivity contribution in [3.63, 3.8) is 0 Å². The van der Waals surface area contributed by atoms with Crippen molar-refractivity contribution in [2.45, 2.75) is 0 Å². The molecule has 4 heterocycles. The molecule has 4 aromatic rings. The molecule has 0 aromatic carbocycles. The van der Waals surface area contributed by atoms with E-state index in [1.165, 1.54) is 0 Å². The molecule has 0 saturated heterocycles.